The van der Waals surface area contributed by atoms with Crippen LogP contribution in [0.25, 0.3) is 0 Å². The standard InChI is InChI=1S/C13H22BO10P/c1-6-8(3)23-25(18,24-9(4)7-2)13-12(17)21-14(22-13)20-11(16)10(15)19-5/h8-9,13H,6-7H2,1-5H3. The molecule has 25 heavy (non-hydrogen) atoms. The highest BCUT2D eigenvalue weighted by atomic mass is 31.2. The van der Waals surface area contributed by atoms with E-state index in [4.69, 9.17) is 13.7 Å². The molecule has 1 aliphatic heterocycles. The summed E-state index contributed by atoms with van der Waals surface area (Å²) >= 11 is 0. The third-order valence-corrected chi connectivity index (χ3v) is 5.51. The van der Waals surface area contributed by atoms with Crippen LogP contribution in [0, 0.1) is 0 Å². The highest BCUT2D eigenvalue weighted by molar-refractivity contribution is 7.55. The fraction of sp³-hybridized carbons (Fsp3) is 0.769. The van der Waals surface area contributed by atoms with Gasteiger partial charge in [-0.1, -0.05) is 13.8 Å². The molecule has 0 spiro atoms. The number of rotatable bonds is 8. The van der Waals surface area contributed by atoms with Crippen molar-refractivity contribution in [1.82, 2.24) is 0 Å². The second-order valence-electron chi connectivity index (χ2n) is 5.30. The van der Waals surface area contributed by atoms with Crippen molar-refractivity contribution in [1.29, 1.82) is 0 Å². The van der Waals surface area contributed by atoms with Crippen LogP contribution in [0.15, 0.2) is 0 Å². The number of carbonyl (C=O) groups is 3. The summed E-state index contributed by atoms with van der Waals surface area (Å²) in [6.45, 7) is 6.91. The zero-order valence-electron chi connectivity index (χ0n) is 14.8. The normalized spacial score (nSPS) is 21.9. The van der Waals surface area contributed by atoms with Crippen molar-refractivity contribution in [2.45, 2.75) is 58.6 Å². The van der Waals surface area contributed by atoms with Gasteiger partial charge < -0.3 is 27.7 Å². The Bertz CT molecular complexity index is 537. The third-order valence-electron chi connectivity index (χ3n) is 3.30. The van der Waals surface area contributed by atoms with Crippen LogP contribution in [-0.2, 0) is 46.7 Å². The first-order valence-electron chi connectivity index (χ1n) is 7.78. The Morgan fingerprint density at radius 1 is 1.16 bits per heavy atom. The number of carbonyl (C=O) groups excluding carboxylic acids is 3. The average Bonchev–Trinajstić information content (AvgIpc) is 2.94. The van der Waals surface area contributed by atoms with E-state index in [9.17, 15) is 18.9 Å². The van der Waals surface area contributed by atoms with Gasteiger partial charge in [-0.2, -0.15) is 0 Å². The first-order chi connectivity index (χ1) is 11.7. The van der Waals surface area contributed by atoms with Crippen molar-refractivity contribution >= 4 is 32.8 Å². The van der Waals surface area contributed by atoms with Crippen molar-refractivity contribution in [2.75, 3.05) is 7.11 Å². The topological polar surface area (TPSA) is 124 Å². The lowest BCUT2D eigenvalue weighted by atomic mass is 10.2. The quantitative estimate of drug-likeness (QED) is 0.264. The molecule has 0 aromatic rings. The smallest absolute Gasteiger partial charge is 0.471 e. The predicted octanol–water partition coefficient (Wildman–Crippen LogP) is 1.41. The molecule has 1 rings (SSSR count). The Labute approximate surface area is 146 Å². The van der Waals surface area contributed by atoms with Crippen molar-refractivity contribution in [2.24, 2.45) is 0 Å². The largest absolute Gasteiger partial charge is 0.793 e. The maximum Gasteiger partial charge on any atom is 0.793 e. The molecule has 0 saturated carbocycles. The van der Waals surface area contributed by atoms with Crippen LogP contribution in [0.4, 0.5) is 0 Å². The summed E-state index contributed by atoms with van der Waals surface area (Å²) in [7, 11) is -4.96. The van der Waals surface area contributed by atoms with Gasteiger partial charge in [-0.25, -0.2) is 9.59 Å². The van der Waals surface area contributed by atoms with Crippen molar-refractivity contribution in [3.05, 3.63) is 0 Å². The van der Waals surface area contributed by atoms with E-state index in [2.05, 4.69) is 14.0 Å². The number of hydrogen-bond acceptors (Lipinski definition) is 10. The van der Waals surface area contributed by atoms with Crippen LogP contribution in [0.2, 0.25) is 0 Å². The number of ether oxygens (including phenoxy) is 1. The zero-order chi connectivity index (χ0) is 19.2. The molecule has 1 heterocycles. The molecule has 0 aromatic carbocycles. The molecule has 1 saturated heterocycles. The molecule has 3 atom stereocenters. The average molecular weight is 380 g/mol. The van der Waals surface area contributed by atoms with Crippen LogP contribution < -0.4 is 0 Å². The minimum absolute atomic E-state index is 0.483. The van der Waals surface area contributed by atoms with E-state index in [-0.39, 0.29) is 0 Å². The second kappa shape index (κ2) is 9.33. The third kappa shape index (κ3) is 5.81. The molecule has 0 bridgehead atoms. The molecule has 0 amide bonds. The van der Waals surface area contributed by atoms with E-state index in [0.29, 0.717) is 12.8 Å². The van der Waals surface area contributed by atoms with Gasteiger partial charge in [-0.3, -0.25) is 9.36 Å². The van der Waals surface area contributed by atoms with E-state index < -0.39 is 50.9 Å². The first kappa shape index (κ1) is 21.6. The van der Waals surface area contributed by atoms with Crippen LogP contribution in [0.1, 0.15) is 40.5 Å². The molecule has 1 aliphatic rings. The molecule has 0 aromatic heterocycles. The predicted molar refractivity (Wildman–Crippen MR) is 84.1 cm³/mol. The second-order valence-corrected chi connectivity index (χ2v) is 7.27. The Hall–Kier alpha value is -1.42. The highest BCUT2D eigenvalue weighted by Gasteiger charge is 2.57. The zero-order valence-corrected chi connectivity index (χ0v) is 15.6. The van der Waals surface area contributed by atoms with E-state index in [1.165, 1.54) is 0 Å². The van der Waals surface area contributed by atoms with Gasteiger partial charge >= 0.3 is 32.8 Å². The molecular formula is C13H22BO10P. The van der Waals surface area contributed by atoms with Gasteiger partial charge in [0.05, 0.1) is 19.3 Å². The van der Waals surface area contributed by atoms with Gasteiger partial charge in [0.2, 0.25) is 5.85 Å². The molecule has 10 nitrogen and oxygen atoms in total. The summed E-state index contributed by atoms with van der Waals surface area (Å²) in [6.07, 6.45) is 0.0539. The Kier molecular flexibility index (Phi) is 8.07. The van der Waals surface area contributed by atoms with Gasteiger partial charge in [0, 0.05) is 0 Å². The summed E-state index contributed by atoms with van der Waals surface area (Å²) in [5.41, 5.74) is 0. The van der Waals surface area contributed by atoms with Crippen molar-refractivity contribution in [3.63, 3.8) is 0 Å². The summed E-state index contributed by atoms with van der Waals surface area (Å²) in [6, 6.07) is 0. The van der Waals surface area contributed by atoms with Crippen LogP contribution >= 0.6 is 7.60 Å². The summed E-state index contributed by atoms with van der Waals surface area (Å²) in [4.78, 5) is 34.4. The molecule has 12 heteroatoms. The number of methoxy groups -OCH3 is 1. The van der Waals surface area contributed by atoms with Crippen LogP contribution in [-0.4, -0.2) is 50.4 Å². The fourth-order valence-electron chi connectivity index (χ4n) is 1.60. The lowest BCUT2D eigenvalue weighted by Crippen LogP contribution is -2.30. The maximum atomic E-state index is 13.1. The SMILES string of the molecule is CCC(C)OP(=O)(OC(C)CC)C1OB(OC(=O)C(=O)OC)OC1=O. The van der Waals surface area contributed by atoms with Crippen LogP contribution in [0.5, 0.6) is 0 Å². The van der Waals surface area contributed by atoms with E-state index >= 15 is 0 Å². The summed E-state index contributed by atoms with van der Waals surface area (Å²) < 4.78 is 42.3. The monoisotopic (exact) mass is 380 g/mol. The summed E-state index contributed by atoms with van der Waals surface area (Å²) in [5.74, 6) is -5.55. The number of hydrogen-bond donors (Lipinski definition) is 0. The molecule has 0 aliphatic carbocycles. The van der Waals surface area contributed by atoms with E-state index in [1.54, 1.807) is 27.7 Å². The summed E-state index contributed by atoms with van der Waals surface area (Å²) in [5, 5.41) is 0. The molecule has 0 radical (unpaired) electrons. The first-order valence-corrected chi connectivity index (χ1v) is 9.39. The van der Waals surface area contributed by atoms with E-state index in [0.717, 1.165) is 7.11 Å². The molecule has 1 fully saturated rings. The minimum atomic E-state index is -4.08. The van der Waals surface area contributed by atoms with Crippen molar-refractivity contribution < 1.29 is 46.7 Å². The fourth-order valence-corrected chi connectivity index (χ4v) is 3.74. The van der Waals surface area contributed by atoms with Gasteiger partial charge in [-0.15, -0.1) is 0 Å². The molecule has 142 valence electrons. The Balaban J connectivity index is 2.91. The van der Waals surface area contributed by atoms with Gasteiger partial charge in [0.15, 0.2) is 0 Å². The Morgan fingerprint density at radius 3 is 2.12 bits per heavy atom. The van der Waals surface area contributed by atoms with Crippen LogP contribution in [0.3, 0.4) is 0 Å². The Morgan fingerprint density at radius 2 is 1.68 bits per heavy atom. The lowest BCUT2D eigenvalue weighted by Gasteiger charge is -2.26. The minimum Gasteiger partial charge on any atom is -0.471 e. The van der Waals surface area contributed by atoms with Crippen molar-refractivity contribution in [3.8, 4) is 0 Å². The van der Waals surface area contributed by atoms with Gasteiger partial charge in [0.25, 0.3) is 0 Å². The van der Waals surface area contributed by atoms with E-state index in [1.807, 2.05) is 0 Å². The molecule has 0 N–H and O–H groups in total. The lowest BCUT2D eigenvalue weighted by molar-refractivity contribution is -0.161. The highest BCUT2D eigenvalue weighted by Crippen LogP contribution is 2.57. The van der Waals surface area contributed by atoms with Gasteiger partial charge in [0.1, 0.15) is 0 Å². The maximum absolute atomic E-state index is 13.1. The molecular weight excluding hydrogens is 358 g/mol. The number of esters is 1. The van der Waals surface area contributed by atoms with Gasteiger partial charge in [-0.05, 0) is 26.7 Å². The molecule has 3 unspecified atom stereocenters.